The van der Waals surface area contributed by atoms with Gasteiger partial charge in [-0.05, 0) is 25.0 Å². The maximum Gasteiger partial charge on any atom is 0.123 e. The second kappa shape index (κ2) is 5.80. The molecule has 0 radical (unpaired) electrons. The van der Waals surface area contributed by atoms with Crippen LogP contribution < -0.4 is 0 Å². The maximum absolute atomic E-state index is 5.52. The Morgan fingerprint density at radius 1 is 0.833 bits per heavy atom. The molecular formula is C16H18O2. The normalized spacial score (nSPS) is 11.4. The summed E-state index contributed by atoms with van der Waals surface area (Å²) >= 11 is 0. The van der Waals surface area contributed by atoms with Gasteiger partial charge >= 0.3 is 0 Å². The Morgan fingerprint density at radius 3 is 2.00 bits per heavy atom. The van der Waals surface area contributed by atoms with Gasteiger partial charge in [-0.3, -0.25) is 0 Å². The molecule has 0 heterocycles. The van der Waals surface area contributed by atoms with Crippen LogP contribution >= 0.6 is 0 Å². The van der Waals surface area contributed by atoms with Crippen molar-refractivity contribution in [2.24, 2.45) is 0 Å². The summed E-state index contributed by atoms with van der Waals surface area (Å²) in [4.78, 5) is 10.9. The molecule has 0 unspecified atom stereocenters. The van der Waals surface area contributed by atoms with Gasteiger partial charge in [0.2, 0.25) is 0 Å². The van der Waals surface area contributed by atoms with E-state index in [0.29, 0.717) is 6.61 Å². The molecule has 2 aromatic rings. The minimum Gasteiger partial charge on any atom is -0.231 e. The fourth-order valence-electron chi connectivity index (χ4n) is 1.71. The first-order valence-corrected chi connectivity index (χ1v) is 6.08. The van der Waals surface area contributed by atoms with Crippen LogP contribution in [0.4, 0.5) is 0 Å². The van der Waals surface area contributed by atoms with E-state index in [-0.39, 0.29) is 0 Å². The smallest absolute Gasteiger partial charge is 0.123 e. The van der Waals surface area contributed by atoms with Crippen LogP contribution in [0.2, 0.25) is 0 Å². The first-order valence-electron chi connectivity index (χ1n) is 6.08. The number of hydrogen-bond acceptors (Lipinski definition) is 2. The van der Waals surface area contributed by atoms with Crippen molar-refractivity contribution in [3.05, 3.63) is 71.8 Å². The quantitative estimate of drug-likeness (QED) is 0.581. The van der Waals surface area contributed by atoms with E-state index < -0.39 is 5.60 Å². The van der Waals surface area contributed by atoms with Gasteiger partial charge in [0.1, 0.15) is 12.2 Å². The van der Waals surface area contributed by atoms with E-state index in [9.17, 15) is 0 Å². The summed E-state index contributed by atoms with van der Waals surface area (Å²) in [6.07, 6.45) is 0. The van der Waals surface area contributed by atoms with E-state index >= 15 is 0 Å². The van der Waals surface area contributed by atoms with Crippen LogP contribution in [-0.2, 0) is 22.0 Å². The molecule has 2 aromatic carbocycles. The highest BCUT2D eigenvalue weighted by atomic mass is 17.2. The second-order valence-corrected chi connectivity index (χ2v) is 4.71. The summed E-state index contributed by atoms with van der Waals surface area (Å²) in [5.74, 6) is 0. The summed E-state index contributed by atoms with van der Waals surface area (Å²) < 4.78 is 0. The predicted octanol–water partition coefficient (Wildman–Crippen LogP) is 4.07. The molecule has 0 aliphatic heterocycles. The van der Waals surface area contributed by atoms with Crippen molar-refractivity contribution in [2.45, 2.75) is 26.1 Å². The molecule has 0 fully saturated rings. The van der Waals surface area contributed by atoms with E-state index in [1.165, 1.54) is 0 Å². The van der Waals surface area contributed by atoms with Crippen LogP contribution in [0.5, 0.6) is 0 Å². The van der Waals surface area contributed by atoms with Gasteiger partial charge in [0.15, 0.2) is 0 Å². The molecule has 0 N–H and O–H groups in total. The lowest BCUT2D eigenvalue weighted by molar-refractivity contribution is -0.366. The number of rotatable bonds is 5. The average molecular weight is 242 g/mol. The second-order valence-electron chi connectivity index (χ2n) is 4.71. The molecule has 0 spiro atoms. The van der Waals surface area contributed by atoms with E-state index in [4.69, 9.17) is 9.78 Å². The van der Waals surface area contributed by atoms with Gasteiger partial charge < -0.3 is 0 Å². The molecule has 2 rings (SSSR count). The highest BCUT2D eigenvalue weighted by molar-refractivity contribution is 5.20. The van der Waals surface area contributed by atoms with Crippen LogP contribution in [-0.4, -0.2) is 0 Å². The molecule has 0 saturated carbocycles. The fourth-order valence-corrected chi connectivity index (χ4v) is 1.71. The molecule has 94 valence electrons. The summed E-state index contributed by atoms with van der Waals surface area (Å²) in [5, 5.41) is 0. The lowest BCUT2D eigenvalue weighted by Crippen LogP contribution is -2.21. The Kier molecular flexibility index (Phi) is 4.13. The molecule has 0 bridgehead atoms. The highest BCUT2D eigenvalue weighted by Gasteiger charge is 2.22. The molecule has 0 amide bonds. The zero-order valence-corrected chi connectivity index (χ0v) is 10.8. The Labute approximate surface area is 108 Å². The monoisotopic (exact) mass is 242 g/mol. The standard InChI is InChI=1S/C16H18O2/c1-16(2,15-11-7-4-8-12-15)18-17-13-14-9-5-3-6-10-14/h3-12H,13H2,1-2H3. The van der Waals surface area contributed by atoms with Crippen LogP contribution in [0.25, 0.3) is 0 Å². The minimum absolute atomic E-state index is 0.448. The maximum atomic E-state index is 5.52. The summed E-state index contributed by atoms with van der Waals surface area (Å²) in [7, 11) is 0. The van der Waals surface area contributed by atoms with Crippen LogP contribution in [0, 0.1) is 0 Å². The highest BCUT2D eigenvalue weighted by Crippen LogP contribution is 2.24. The average Bonchev–Trinajstić information content (AvgIpc) is 2.41. The molecule has 0 aliphatic rings. The van der Waals surface area contributed by atoms with Gasteiger partial charge in [0.05, 0.1) is 0 Å². The van der Waals surface area contributed by atoms with E-state index in [2.05, 4.69) is 0 Å². The zero-order chi connectivity index (χ0) is 12.8. The summed E-state index contributed by atoms with van der Waals surface area (Å²) in [6.45, 7) is 4.44. The molecule has 0 aromatic heterocycles. The molecular weight excluding hydrogens is 224 g/mol. The third kappa shape index (κ3) is 3.42. The Bertz CT molecular complexity index is 463. The van der Waals surface area contributed by atoms with Gasteiger partial charge in [-0.25, -0.2) is 9.78 Å². The largest absolute Gasteiger partial charge is 0.231 e. The molecule has 0 atom stereocenters. The van der Waals surface area contributed by atoms with Crippen molar-refractivity contribution < 1.29 is 9.78 Å². The predicted molar refractivity (Wildman–Crippen MR) is 71.8 cm³/mol. The van der Waals surface area contributed by atoms with Crippen molar-refractivity contribution >= 4 is 0 Å². The summed E-state index contributed by atoms with van der Waals surface area (Å²) in [6, 6.07) is 20.0. The lowest BCUT2D eigenvalue weighted by atomic mass is 9.99. The van der Waals surface area contributed by atoms with Gasteiger partial charge in [0.25, 0.3) is 0 Å². The molecule has 2 nitrogen and oxygen atoms in total. The first kappa shape index (κ1) is 12.8. The number of benzene rings is 2. The van der Waals surface area contributed by atoms with Gasteiger partial charge in [-0.2, -0.15) is 0 Å². The third-order valence-electron chi connectivity index (χ3n) is 2.80. The van der Waals surface area contributed by atoms with Gasteiger partial charge in [0, 0.05) is 0 Å². The molecule has 0 saturated heterocycles. The van der Waals surface area contributed by atoms with Crippen LogP contribution in [0.1, 0.15) is 25.0 Å². The Balaban J connectivity index is 1.90. The fraction of sp³-hybridized carbons (Fsp3) is 0.250. The van der Waals surface area contributed by atoms with Crippen molar-refractivity contribution in [3.63, 3.8) is 0 Å². The Hall–Kier alpha value is -1.64. The first-order chi connectivity index (χ1) is 8.68. The number of hydrogen-bond donors (Lipinski definition) is 0. The van der Waals surface area contributed by atoms with Crippen molar-refractivity contribution in [3.8, 4) is 0 Å². The van der Waals surface area contributed by atoms with Crippen LogP contribution in [0.15, 0.2) is 60.7 Å². The molecule has 18 heavy (non-hydrogen) atoms. The van der Waals surface area contributed by atoms with E-state index in [1.807, 2.05) is 74.5 Å². The van der Waals surface area contributed by atoms with Crippen molar-refractivity contribution in [2.75, 3.05) is 0 Å². The topological polar surface area (TPSA) is 18.5 Å². The van der Waals surface area contributed by atoms with E-state index in [0.717, 1.165) is 11.1 Å². The minimum atomic E-state index is -0.448. The van der Waals surface area contributed by atoms with Crippen molar-refractivity contribution in [1.29, 1.82) is 0 Å². The SMILES string of the molecule is CC(C)(OOCc1ccccc1)c1ccccc1. The Morgan fingerprint density at radius 2 is 1.39 bits per heavy atom. The van der Waals surface area contributed by atoms with Gasteiger partial charge in [-0.15, -0.1) is 0 Å². The summed E-state index contributed by atoms with van der Waals surface area (Å²) in [5.41, 5.74) is 1.75. The van der Waals surface area contributed by atoms with E-state index in [1.54, 1.807) is 0 Å². The van der Waals surface area contributed by atoms with Gasteiger partial charge in [-0.1, -0.05) is 60.7 Å². The molecule has 2 heteroatoms. The lowest BCUT2D eigenvalue weighted by Gasteiger charge is -2.24. The van der Waals surface area contributed by atoms with Crippen LogP contribution in [0.3, 0.4) is 0 Å². The molecule has 0 aliphatic carbocycles. The van der Waals surface area contributed by atoms with Crippen molar-refractivity contribution in [1.82, 2.24) is 0 Å². The zero-order valence-electron chi connectivity index (χ0n) is 10.8. The third-order valence-corrected chi connectivity index (χ3v) is 2.80.